The standard InChI is InChI=1S/C24H33F2N3O3/c1-15(2)18-6-17(11-27-13-18)12-28-14-22(30)21(29-23(31)32-24(3,4)5)9-16-7-19(25)10-20(26)8-16/h6-8,10-11,13,15,21-22,28,30H,9,12,14H2,1-5H3,(H,29,31)/t21-,22+/m0/s1. The van der Waals surface area contributed by atoms with Crippen LogP contribution in [0.2, 0.25) is 0 Å². The summed E-state index contributed by atoms with van der Waals surface area (Å²) in [5, 5.41) is 16.5. The lowest BCUT2D eigenvalue weighted by molar-refractivity contribution is 0.0422. The van der Waals surface area contributed by atoms with E-state index >= 15 is 0 Å². The van der Waals surface area contributed by atoms with Gasteiger partial charge in [0.25, 0.3) is 0 Å². The second kappa shape index (κ2) is 11.3. The van der Waals surface area contributed by atoms with Crippen molar-refractivity contribution >= 4 is 6.09 Å². The molecular formula is C24H33F2N3O3. The highest BCUT2D eigenvalue weighted by atomic mass is 19.1. The number of aliphatic hydroxyl groups is 1. The number of aromatic nitrogens is 1. The number of alkyl carbamates (subject to hydrolysis) is 1. The Balaban J connectivity index is 2.05. The number of aliphatic hydroxyl groups excluding tert-OH is 1. The molecule has 2 rings (SSSR count). The molecule has 2 atom stereocenters. The van der Waals surface area contributed by atoms with Crippen LogP contribution in [0.4, 0.5) is 13.6 Å². The van der Waals surface area contributed by atoms with Crippen molar-refractivity contribution in [3.05, 3.63) is 65.0 Å². The zero-order valence-electron chi connectivity index (χ0n) is 19.3. The lowest BCUT2D eigenvalue weighted by atomic mass is 10.0. The quantitative estimate of drug-likeness (QED) is 0.538. The summed E-state index contributed by atoms with van der Waals surface area (Å²) in [4.78, 5) is 16.5. The van der Waals surface area contributed by atoms with Crippen LogP contribution >= 0.6 is 0 Å². The Morgan fingerprint density at radius 2 is 1.75 bits per heavy atom. The maximum absolute atomic E-state index is 13.6. The van der Waals surface area contributed by atoms with E-state index in [1.54, 1.807) is 27.0 Å². The van der Waals surface area contributed by atoms with E-state index in [1.165, 1.54) is 12.1 Å². The molecule has 1 heterocycles. The molecule has 2 aromatic rings. The average Bonchev–Trinajstić information content (AvgIpc) is 2.65. The van der Waals surface area contributed by atoms with Gasteiger partial charge >= 0.3 is 6.09 Å². The molecule has 176 valence electrons. The molecule has 0 aliphatic carbocycles. The second-order valence-corrected chi connectivity index (χ2v) is 9.21. The topological polar surface area (TPSA) is 83.5 Å². The molecule has 0 aliphatic rings. The van der Waals surface area contributed by atoms with Crippen molar-refractivity contribution in [3.63, 3.8) is 0 Å². The highest BCUT2D eigenvalue weighted by Gasteiger charge is 2.25. The predicted molar refractivity (Wildman–Crippen MR) is 119 cm³/mol. The van der Waals surface area contributed by atoms with Crippen LogP contribution in [0.25, 0.3) is 0 Å². The predicted octanol–water partition coefficient (Wildman–Crippen LogP) is 4.07. The summed E-state index contributed by atoms with van der Waals surface area (Å²) >= 11 is 0. The summed E-state index contributed by atoms with van der Waals surface area (Å²) < 4.78 is 32.5. The first-order chi connectivity index (χ1) is 14.9. The van der Waals surface area contributed by atoms with Gasteiger partial charge in [0.05, 0.1) is 12.1 Å². The molecule has 0 radical (unpaired) electrons. The van der Waals surface area contributed by atoms with Crippen molar-refractivity contribution in [2.45, 2.75) is 71.2 Å². The van der Waals surface area contributed by atoms with Gasteiger partial charge in [-0.3, -0.25) is 4.98 Å². The normalized spacial score (nSPS) is 13.7. The number of carbonyl (C=O) groups is 1. The fraction of sp³-hybridized carbons (Fsp3) is 0.500. The van der Waals surface area contributed by atoms with E-state index in [9.17, 15) is 18.7 Å². The SMILES string of the molecule is CC(C)c1cncc(CNC[C@@H](O)[C@H](Cc2cc(F)cc(F)c2)NC(=O)OC(C)(C)C)c1. The van der Waals surface area contributed by atoms with Crippen LogP contribution in [0, 0.1) is 11.6 Å². The summed E-state index contributed by atoms with van der Waals surface area (Å²) in [7, 11) is 0. The van der Waals surface area contributed by atoms with Gasteiger partial charge in [-0.1, -0.05) is 19.9 Å². The third kappa shape index (κ3) is 8.88. The summed E-state index contributed by atoms with van der Waals surface area (Å²) in [5.41, 5.74) is 1.67. The Morgan fingerprint density at radius 3 is 2.34 bits per heavy atom. The third-order valence-corrected chi connectivity index (χ3v) is 4.71. The summed E-state index contributed by atoms with van der Waals surface area (Å²) in [6.07, 6.45) is 1.85. The molecule has 0 aliphatic heterocycles. The largest absolute Gasteiger partial charge is 0.444 e. The monoisotopic (exact) mass is 449 g/mol. The lowest BCUT2D eigenvalue weighted by Gasteiger charge is -2.27. The molecule has 0 bridgehead atoms. The minimum atomic E-state index is -1.03. The number of hydrogen-bond donors (Lipinski definition) is 3. The highest BCUT2D eigenvalue weighted by molar-refractivity contribution is 5.68. The summed E-state index contributed by atoms with van der Waals surface area (Å²) in [6, 6.07) is 4.35. The van der Waals surface area contributed by atoms with E-state index in [0.717, 1.165) is 17.2 Å². The molecule has 1 aromatic carbocycles. The number of carbonyl (C=O) groups excluding carboxylic acids is 1. The van der Waals surface area contributed by atoms with Crippen molar-refractivity contribution in [2.24, 2.45) is 0 Å². The number of halogens is 2. The maximum Gasteiger partial charge on any atom is 0.407 e. The van der Waals surface area contributed by atoms with E-state index in [0.29, 0.717) is 18.0 Å². The summed E-state index contributed by atoms with van der Waals surface area (Å²) in [5.74, 6) is -1.09. The fourth-order valence-electron chi connectivity index (χ4n) is 3.15. The first-order valence-electron chi connectivity index (χ1n) is 10.7. The molecular weight excluding hydrogens is 416 g/mol. The molecule has 6 nitrogen and oxygen atoms in total. The van der Waals surface area contributed by atoms with Gasteiger partial charge in [0.15, 0.2) is 0 Å². The van der Waals surface area contributed by atoms with Crippen LogP contribution in [0.15, 0.2) is 36.7 Å². The molecule has 1 amide bonds. The Labute approximate surface area is 188 Å². The van der Waals surface area contributed by atoms with E-state index in [-0.39, 0.29) is 13.0 Å². The number of hydrogen-bond acceptors (Lipinski definition) is 5. The Morgan fingerprint density at radius 1 is 1.09 bits per heavy atom. The molecule has 1 aromatic heterocycles. The third-order valence-electron chi connectivity index (χ3n) is 4.71. The Bertz CT molecular complexity index is 880. The van der Waals surface area contributed by atoms with Gasteiger partial charge in [-0.25, -0.2) is 13.6 Å². The minimum absolute atomic E-state index is 0.0289. The fourth-order valence-corrected chi connectivity index (χ4v) is 3.15. The van der Waals surface area contributed by atoms with Crippen LogP contribution in [-0.4, -0.2) is 40.5 Å². The molecule has 0 saturated carbocycles. The molecule has 8 heteroatoms. The number of pyridine rings is 1. The number of benzene rings is 1. The Hall–Kier alpha value is -2.58. The first kappa shape index (κ1) is 25.7. The van der Waals surface area contributed by atoms with Gasteiger partial charge in [-0.15, -0.1) is 0 Å². The van der Waals surface area contributed by atoms with Crippen molar-refractivity contribution in [1.82, 2.24) is 15.6 Å². The number of nitrogens with zero attached hydrogens (tertiary/aromatic N) is 1. The van der Waals surface area contributed by atoms with Crippen molar-refractivity contribution in [1.29, 1.82) is 0 Å². The van der Waals surface area contributed by atoms with Crippen LogP contribution in [0.5, 0.6) is 0 Å². The average molecular weight is 450 g/mol. The molecule has 0 spiro atoms. The first-order valence-corrected chi connectivity index (χ1v) is 10.7. The van der Waals surface area contributed by atoms with Gasteiger partial charge in [0.1, 0.15) is 17.2 Å². The van der Waals surface area contributed by atoms with E-state index in [1.807, 2.05) is 12.3 Å². The van der Waals surface area contributed by atoms with Gasteiger partial charge in [-0.2, -0.15) is 0 Å². The minimum Gasteiger partial charge on any atom is -0.444 e. The lowest BCUT2D eigenvalue weighted by Crippen LogP contribution is -2.49. The van der Waals surface area contributed by atoms with Crippen molar-refractivity contribution in [3.8, 4) is 0 Å². The van der Waals surface area contributed by atoms with E-state index in [2.05, 4.69) is 29.5 Å². The molecule has 3 N–H and O–H groups in total. The zero-order valence-corrected chi connectivity index (χ0v) is 19.3. The number of rotatable bonds is 9. The molecule has 0 unspecified atom stereocenters. The molecule has 0 fully saturated rings. The molecule has 0 saturated heterocycles. The second-order valence-electron chi connectivity index (χ2n) is 9.21. The van der Waals surface area contributed by atoms with Crippen LogP contribution in [0.3, 0.4) is 0 Å². The smallest absolute Gasteiger partial charge is 0.407 e. The van der Waals surface area contributed by atoms with Gasteiger partial charge < -0.3 is 20.5 Å². The molecule has 32 heavy (non-hydrogen) atoms. The number of nitrogens with one attached hydrogen (secondary N) is 2. The van der Waals surface area contributed by atoms with E-state index in [4.69, 9.17) is 4.74 Å². The van der Waals surface area contributed by atoms with Gasteiger partial charge in [0, 0.05) is 31.5 Å². The number of ether oxygens (including phenoxy) is 1. The van der Waals surface area contributed by atoms with Crippen LogP contribution < -0.4 is 10.6 Å². The van der Waals surface area contributed by atoms with Crippen molar-refractivity contribution < 1.29 is 23.4 Å². The highest BCUT2D eigenvalue weighted by Crippen LogP contribution is 2.15. The van der Waals surface area contributed by atoms with Gasteiger partial charge in [-0.05, 0) is 61.9 Å². The maximum atomic E-state index is 13.6. The van der Waals surface area contributed by atoms with Crippen LogP contribution in [0.1, 0.15) is 57.2 Å². The summed E-state index contributed by atoms with van der Waals surface area (Å²) in [6.45, 7) is 9.95. The zero-order chi connectivity index (χ0) is 23.9. The number of amides is 1. The Kier molecular flexibility index (Phi) is 9.09. The van der Waals surface area contributed by atoms with Crippen LogP contribution in [-0.2, 0) is 17.7 Å². The van der Waals surface area contributed by atoms with Gasteiger partial charge in [0.2, 0.25) is 0 Å². The van der Waals surface area contributed by atoms with E-state index < -0.39 is 35.5 Å². The van der Waals surface area contributed by atoms with Crippen molar-refractivity contribution in [2.75, 3.05) is 6.54 Å².